The molecule has 0 saturated carbocycles. The normalized spacial score (nSPS) is 19.0. The standard InChI is InChI=1S/C14H22N2O2S/c1-4-6-9(3)15-14-16-12-10(13(17)18-5-2)7-8-11(12)19-14/h9-10H,4-8H2,1-3H3,(H,15,16). The van der Waals surface area contributed by atoms with Crippen LogP contribution in [0.25, 0.3) is 0 Å². The number of aromatic nitrogens is 1. The van der Waals surface area contributed by atoms with Gasteiger partial charge in [0.15, 0.2) is 5.13 Å². The smallest absolute Gasteiger partial charge is 0.315 e. The number of carbonyl (C=O) groups is 1. The molecular weight excluding hydrogens is 260 g/mol. The van der Waals surface area contributed by atoms with Crippen LogP contribution in [0.3, 0.4) is 0 Å². The Labute approximate surface area is 118 Å². The van der Waals surface area contributed by atoms with Crippen molar-refractivity contribution >= 4 is 22.4 Å². The quantitative estimate of drug-likeness (QED) is 0.813. The number of anilines is 1. The van der Waals surface area contributed by atoms with Crippen LogP contribution in [-0.2, 0) is 16.0 Å². The number of rotatable bonds is 6. The SMILES string of the molecule is CCCC(C)Nc1nc2c(s1)CCC2C(=O)OCC. The minimum absolute atomic E-state index is 0.125. The summed E-state index contributed by atoms with van der Waals surface area (Å²) >= 11 is 1.69. The molecule has 1 aromatic heterocycles. The highest BCUT2D eigenvalue weighted by Gasteiger charge is 2.33. The molecule has 0 saturated heterocycles. The van der Waals surface area contributed by atoms with Gasteiger partial charge in [0.25, 0.3) is 0 Å². The largest absolute Gasteiger partial charge is 0.465 e. The van der Waals surface area contributed by atoms with Gasteiger partial charge in [0.05, 0.1) is 12.3 Å². The van der Waals surface area contributed by atoms with Crippen LogP contribution in [0.5, 0.6) is 0 Å². The molecule has 0 spiro atoms. The first-order chi connectivity index (χ1) is 9.15. The van der Waals surface area contributed by atoms with Gasteiger partial charge < -0.3 is 10.1 Å². The van der Waals surface area contributed by atoms with Crippen LogP contribution >= 0.6 is 11.3 Å². The Morgan fingerprint density at radius 2 is 2.37 bits per heavy atom. The van der Waals surface area contributed by atoms with E-state index in [9.17, 15) is 4.79 Å². The summed E-state index contributed by atoms with van der Waals surface area (Å²) in [5.41, 5.74) is 0.939. The van der Waals surface area contributed by atoms with E-state index in [2.05, 4.69) is 24.1 Å². The lowest BCUT2D eigenvalue weighted by atomic mass is 10.1. The lowest BCUT2D eigenvalue weighted by molar-refractivity contribution is -0.145. The summed E-state index contributed by atoms with van der Waals surface area (Å²) in [7, 11) is 0. The molecule has 2 atom stereocenters. The third-order valence-corrected chi connectivity index (χ3v) is 4.44. The van der Waals surface area contributed by atoms with E-state index in [0.717, 1.165) is 36.5 Å². The van der Waals surface area contributed by atoms with Crippen molar-refractivity contribution in [2.75, 3.05) is 11.9 Å². The zero-order chi connectivity index (χ0) is 13.8. The highest BCUT2D eigenvalue weighted by atomic mass is 32.1. The molecule has 1 aromatic rings. The first kappa shape index (κ1) is 14.3. The topological polar surface area (TPSA) is 51.2 Å². The summed E-state index contributed by atoms with van der Waals surface area (Å²) in [4.78, 5) is 17.7. The van der Waals surface area contributed by atoms with E-state index in [4.69, 9.17) is 4.74 Å². The number of nitrogens with one attached hydrogen (secondary N) is 1. The molecule has 0 aromatic carbocycles. The van der Waals surface area contributed by atoms with Crippen molar-refractivity contribution in [2.45, 2.75) is 58.4 Å². The first-order valence-electron chi connectivity index (χ1n) is 7.08. The lowest BCUT2D eigenvalue weighted by Crippen LogP contribution is -2.16. The summed E-state index contributed by atoms with van der Waals surface area (Å²) in [5, 5.41) is 4.36. The molecule has 2 unspecified atom stereocenters. The average Bonchev–Trinajstić information content (AvgIpc) is 2.88. The summed E-state index contributed by atoms with van der Waals surface area (Å²) in [6.07, 6.45) is 4.08. The third kappa shape index (κ3) is 3.26. The van der Waals surface area contributed by atoms with Crippen LogP contribution in [0.4, 0.5) is 5.13 Å². The van der Waals surface area contributed by atoms with Crippen LogP contribution in [0.2, 0.25) is 0 Å². The van der Waals surface area contributed by atoms with E-state index in [1.54, 1.807) is 11.3 Å². The van der Waals surface area contributed by atoms with Crippen molar-refractivity contribution < 1.29 is 9.53 Å². The lowest BCUT2D eigenvalue weighted by Gasteiger charge is -2.11. The number of aryl methyl sites for hydroxylation is 1. The fraction of sp³-hybridized carbons (Fsp3) is 0.714. The first-order valence-corrected chi connectivity index (χ1v) is 7.90. The average molecular weight is 282 g/mol. The van der Waals surface area contributed by atoms with Crippen LogP contribution in [0, 0.1) is 0 Å². The van der Waals surface area contributed by atoms with E-state index < -0.39 is 0 Å². The predicted molar refractivity (Wildman–Crippen MR) is 77.8 cm³/mol. The number of ether oxygens (including phenoxy) is 1. The Balaban J connectivity index is 2.05. The summed E-state index contributed by atoms with van der Waals surface area (Å²) < 4.78 is 5.12. The van der Waals surface area contributed by atoms with E-state index in [-0.39, 0.29) is 11.9 Å². The van der Waals surface area contributed by atoms with Gasteiger partial charge in [0.2, 0.25) is 0 Å². The number of hydrogen-bond donors (Lipinski definition) is 1. The summed E-state index contributed by atoms with van der Waals surface area (Å²) in [5.74, 6) is -0.275. The highest BCUT2D eigenvalue weighted by Crippen LogP contribution is 2.39. The Kier molecular flexibility index (Phi) is 4.80. The molecule has 0 amide bonds. The number of carbonyl (C=O) groups excluding carboxylic acids is 1. The van der Waals surface area contributed by atoms with Gasteiger partial charge in [0.1, 0.15) is 5.92 Å². The van der Waals surface area contributed by atoms with Gasteiger partial charge >= 0.3 is 5.97 Å². The molecule has 0 bridgehead atoms. The van der Waals surface area contributed by atoms with Gasteiger partial charge in [-0.2, -0.15) is 0 Å². The summed E-state index contributed by atoms with van der Waals surface area (Å²) in [6, 6.07) is 0.428. The molecule has 0 fully saturated rings. The van der Waals surface area contributed by atoms with Gasteiger partial charge in [-0.3, -0.25) is 4.79 Å². The van der Waals surface area contributed by atoms with Crippen molar-refractivity contribution in [1.29, 1.82) is 0 Å². The molecule has 0 radical (unpaired) electrons. The van der Waals surface area contributed by atoms with Gasteiger partial charge in [-0.05, 0) is 33.1 Å². The number of nitrogens with zero attached hydrogens (tertiary/aromatic N) is 1. The Morgan fingerprint density at radius 1 is 1.58 bits per heavy atom. The molecule has 1 aliphatic rings. The maximum atomic E-state index is 11.9. The molecule has 1 heterocycles. The minimum Gasteiger partial charge on any atom is -0.465 e. The molecular formula is C14H22N2O2S. The van der Waals surface area contributed by atoms with Crippen molar-refractivity contribution in [3.05, 3.63) is 10.6 Å². The van der Waals surface area contributed by atoms with Gasteiger partial charge in [-0.25, -0.2) is 4.98 Å². The molecule has 4 nitrogen and oxygen atoms in total. The Morgan fingerprint density at radius 3 is 3.05 bits per heavy atom. The molecule has 0 aliphatic heterocycles. The molecule has 1 N–H and O–H groups in total. The fourth-order valence-electron chi connectivity index (χ4n) is 2.48. The van der Waals surface area contributed by atoms with Crippen LogP contribution < -0.4 is 5.32 Å². The van der Waals surface area contributed by atoms with Crippen LogP contribution in [-0.4, -0.2) is 23.6 Å². The number of esters is 1. The number of thiazole rings is 1. The fourth-order valence-corrected chi connectivity index (χ4v) is 3.63. The molecule has 1 aliphatic carbocycles. The molecule has 19 heavy (non-hydrogen) atoms. The zero-order valence-electron chi connectivity index (χ0n) is 11.9. The van der Waals surface area contributed by atoms with E-state index in [1.807, 2.05) is 6.92 Å². The molecule has 5 heteroatoms. The predicted octanol–water partition coefficient (Wildman–Crippen LogP) is 3.34. The van der Waals surface area contributed by atoms with E-state index in [1.165, 1.54) is 4.88 Å². The maximum Gasteiger partial charge on any atom is 0.315 e. The Hall–Kier alpha value is -1.10. The third-order valence-electron chi connectivity index (χ3n) is 3.38. The number of hydrogen-bond acceptors (Lipinski definition) is 5. The second-order valence-corrected chi connectivity index (χ2v) is 6.09. The van der Waals surface area contributed by atoms with E-state index >= 15 is 0 Å². The van der Waals surface area contributed by atoms with Crippen molar-refractivity contribution in [3.63, 3.8) is 0 Å². The monoisotopic (exact) mass is 282 g/mol. The van der Waals surface area contributed by atoms with E-state index in [0.29, 0.717) is 12.6 Å². The minimum atomic E-state index is -0.150. The second-order valence-electron chi connectivity index (χ2n) is 5.00. The van der Waals surface area contributed by atoms with Crippen LogP contribution in [0.1, 0.15) is 56.5 Å². The second kappa shape index (κ2) is 6.37. The molecule has 2 rings (SSSR count). The van der Waals surface area contributed by atoms with Crippen molar-refractivity contribution in [3.8, 4) is 0 Å². The van der Waals surface area contributed by atoms with Gasteiger partial charge in [-0.1, -0.05) is 13.3 Å². The maximum absolute atomic E-state index is 11.9. The van der Waals surface area contributed by atoms with Crippen molar-refractivity contribution in [2.24, 2.45) is 0 Å². The van der Waals surface area contributed by atoms with Gasteiger partial charge in [0, 0.05) is 10.9 Å². The highest BCUT2D eigenvalue weighted by molar-refractivity contribution is 7.15. The summed E-state index contributed by atoms with van der Waals surface area (Å²) in [6.45, 7) is 6.62. The van der Waals surface area contributed by atoms with Crippen LogP contribution in [0.15, 0.2) is 0 Å². The Bertz CT molecular complexity index is 445. The zero-order valence-corrected chi connectivity index (χ0v) is 12.7. The number of fused-ring (bicyclic) bond motifs is 1. The van der Waals surface area contributed by atoms with Gasteiger partial charge in [-0.15, -0.1) is 11.3 Å². The van der Waals surface area contributed by atoms with Crippen molar-refractivity contribution in [1.82, 2.24) is 4.98 Å². The molecule has 106 valence electrons.